The molecule has 0 fully saturated rings. The van der Waals surface area contributed by atoms with Crippen LogP contribution in [0.25, 0.3) is 0 Å². The molecule has 1 atom stereocenters. The van der Waals surface area contributed by atoms with Crippen LogP contribution in [0.15, 0.2) is 30.9 Å². The third-order valence-corrected chi connectivity index (χ3v) is 2.08. The summed E-state index contributed by atoms with van der Waals surface area (Å²) >= 11 is 0. The van der Waals surface area contributed by atoms with Crippen LogP contribution in [-0.2, 0) is 0 Å². The lowest BCUT2D eigenvalue weighted by atomic mass is 10.2. The molecule has 2 N–H and O–H groups in total. The Morgan fingerprint density at radius 1 is 1.36 bits per heavy atom. The fourth-order valence-electron chi connectivity index (χ4n) is 1.30. The summed E-state index contributed by atoms with van der Waals surface area (Å²) < 4.78 is 1.71. The highest BCUT2D eigenvalue weighted by Crippen LogP contribution is 2.16. The second-order valence-corrected chi connectivity index (χ2v) is 3.01. The number of hydrogen-bond acceptors (Lipinski definition) is 4. The van der Waals surface area contributed by atoms with E-state index in [-0.39, 0.29) is 6.04 Å². The van der Waals surface area contributed by atoms with E-state index < -0.39 is 0 Å². The molecule has 0 saturated carbocycles. The molecule has 0 aromatic carbocycles. The first-order chi connectivity index (χ1) is 6.79. The number of rotatable bonds is 2. The van der Waals surface area contributed by atoms with Gasteiger partial charge < -0.3 is 5.73 Å². The van der Waals surface area contributed by atoms with Gasteiger partial charge in [-0.1, -0.05) is 0 Å². The minimum Gasteiger partial charge on any atom is -0.384 e. The van der Waals surface area contributed by atoms with Crippen molar-refractivity contribution in [3.05, 3.63) is 36.5 Å². The van der Waals surface area contributed by atoms with Crippen LogP contribution in [0, 0.1) is 0 Å². The zero-order valence-electron chi connectivity index (χ0n) is 7.83. The fraction of sp³-hybridized carbons (Fsp3) is 0.222. The SMILES string of the molecule is CC(c1cnccn1)n1nccc1N. The molecular weight excluding hydrogens is 178 g/mol. The van der Waals surface area contributed by atoms with Gasteiger partial charge in [0, 0.05) is 12.4 Å². The molecule has 0 radical (unpaired) electrons. The summed E-state index contributed by atoms with van der Waals surface area (Å²) in [5.41, 5.74) is 6.58. The van der Waals surface area contributed by atoms with Crippen molar-refractivity contribution < 1.29 is 0 Å². The normalized spacial score (nSPS) is 12.6. The highest BCUT2D eigenvalue weighted by atomic mass is 15.3. The third kappa shape index (κ3) is 1.44. The third-order valence-electron chi connectivity index (χ3n) is 2.08. The van der Waals surface area contributed by atoms with Gasteiger partial charge in [0.05, 0.1) is 24.1 Å². The second kappa shape index (κ2) is 3.45. The minimum atomic E-state index is 0.0127. The molecule has 2 aromatic heterocycles. The summed E-state index contributed by atoms with van der Waals surface area (Å²) in [5.74, 6) is 0.628. The maximum atomic E-state index is 5.73. The van der Waals surface area contributed by atoms with Crippen LogP contribution in [-0.4, -0.2) is 19.7 Å². The number of nitrogen functional groups attached to an aromatic ring is 1. The summed E-state index contributed by atoms with van der Waals surface area (Å²) in [5, 5.41) is 4.12. The van der Waals surface area contributed by atoms with Crippen LogP contribution >= 0.6 is 0 Å². The molecule has 0 spiro atoms. The number of aromatic nitrogens is 4. The van der Waals surface area contributed by atoms with Gasteiger partial charge in [-0.15, -0.1) is 0 Å². The molecule has 5 nitrogen and oxygen atoms in total. The molecule has 2 aromatic rings. The first kappa shape index (κ1) is 8.68. The number of hydrogen-bond donors (Lipinski definition) is 1. The van der Waals surface area contributed by atoms with E-state index >= 15 is 0 Å². The van der Waals surface area contributed by atoms with Gasteiger partial charge in [0.1, 0.15) is 5.82 Å². The van der Waals surface area contributed by atoms with Gasteiger partial charge in [-0.2, -0.15) is 5.10 Å². The van der Waals surface area contributed by atoms with Crippen molar-refractivity contribution in [3.63, 3.8) is 0 Å². The number of anilines is 1. The molecule has 2 rings (SSSR count). The summed E-state index contributed by atoms with van der Waals surface area (Å²) in [4.78, 5) is 8.20. The Morgan fingerprint density at radius 2 is 2.21 bits per heavy atom. The molecule has 0 aliphatic carbocycles. The number of nitrogens with two attached hydrogens (primary N) is 1. The minimum absolute atomic E-state index is 0.0127. The Labute approximate surface area is 81.6 Å². The highest BCUT2D eigenvalue weighted by molar-refractivity contribution is 5.28. The van der Waals surface area contributed by atoms with Gasteiger partial charge in [-0.05, 0) is 13.0 Å². The maximum Gasteiger partial charge on any atom is 0.122 e. The van der Waals surface area contributed by atoms with Crippen LogP contribution in [0.3, 0.4) is 0 Å². The van der Waals surface area contributed by atoms with Crippen molar-refractivity contribution in [2.24, 2.45) is 0 Å². The molecule has 0 amide bonds. The molecule has 0 saturated heterocycles. The number of nitrogens with zero attached hydrogens (tertiary/aromatic N) is 4. The van der Waals surface area contributed by atoms with Crippen LogP contribution in [0.1, 0.15) is 18.7 Å². The van der Waals surface area contributed by atoms with Gasteiger partial charge in [0.25, 0.3) is 0 Å². The van der Waals surface area contributed by atoms with E-state index in [0.717, 1.165) is 5.69 Å². The average Bonchev–Trinajstić information content (AvgIpc) is 2.65. The first-order valence-corrected chi connectivity index (χ1v) is 4.34. The molecule has 14 heavy (non-hydrogen) atoms. The molecule has 2 heterocycles. The molecule has 72 valence electrons. The standard InChI is InChI=1S/C9H11N5/c1-7(8-6-11-4-5-12-8)14-9(10)2-3-13-14/h2-7H,10H2,1H3. The van der Waals surface area contributed by atoms with Crippen LogP contribution in [0.4, 0.5) is 5.82 Å². The van der Waals surface area contributed by atoms with E-state index in [4.69, 9.17) is 5.73 Å². The molecule has 0 aliphatic rings. The van der Waals surface area contributed by atoms with Crippen LogP contribution in [0.2, 0.25) is 0 Å². The summed E-state index contributed by atoms with van der Waals surface area (Å²) in [6, 6.07) is 1.77. The van der Waals surface area contributed by atoms with Crippen molar-refractivity contribution in [1.29, 1.82) is 0 Å². The zero-order valence-corrected chi connectivity index (χ0v) is 7.83. The second-order valence-electron chi connectivity index (χ2n) is 3.01. The molecular formula is C9H11N5. The smallest absolute Gasteiger partial charge is 0.122 e. The van der Waals surface area contributed by atoms with Gasteiger partial charge in [-0.3, -0.25) is 9.97 Å². The predicted molar refractivity (Wildman–Crippen MR) is 52.5 cm³/mol. The lowest BCUT2D eigenvalue weighted by Gasteiger charge is -2.12. The van der Waals surface area contributed by atoms with Crippen LogP contribution < -0.4 is 5.73 Å². The van der Waals surface area contributed by atoms with Gasteiger partial charge in [0.2, 0.25) is 0 Å². The topological polar surface area (TPSA) is 69.6 Å². The van der Waals surface area contributed by atoms with Gasteiger partial charge in [0.15, 0.2) is 0 Å². The van der Waals surface area contributed by atoms with Gasteiger partial charge >= 0.3 is 0 Å². The predicted octanol–water partition coefficient (Wildman–Crippen LogP) is 0.865. The molecule has 1 unspecified atom stereocenters. The maximum absolute atomic E-state index is 5.73. The van der Waals surface area contributed by atoms with E-state index in [2.05, 4.69) is 15.1 Å². The monoisotopic (exact) mass is 189 g/mol. The lowest BCUT2D eigenvalue weighted by Crippen LogP contribution is -2.12. The zero-order chi connectivity index (χ0) is 9.97. The Bertz CT molecular complexity index is 408. The van der Waals surface area contributed by atoms with Crippen LogP contribution in [0.5, 0.6) is 0 Å². The lowest BCUT2D eigenvalue weighted by molar-refractivity contribution is 0.557. The Hall–Kier alpha value is -1.91. The van der Waals surface area contributed by atoms with E-state index in [1.807, 2.05) is 6.92 Å². The fourth-order valence-corrected chi connectivity index (χ4v) is 1.30. The van der Waals surface area contributed by atoms with Gasteiger partial charge in [-0.25, -0.2) is 4.68 Å². The summed E-state index contributed by atoms with van der Waals surface area (Å²) in [7, 11) is 0. The van der Waals surface area contributed by atoms with Crippen molar-refractivity contribution in [2.45, 2.75) is 13.0 Å². The Balaban J connectivity index is 2.34. The molecule has 0 bridgehead atoms. The van der Waals surface area contributed by atoms with E-state index in [9.17, 15) is 0 Å². The first-order valence-electron chi connectivity index (χ1n) is 4.34. The molecule has 0 aliphatic heterocycles. The van der Waals surface area contributed by atoms with Crippen molar-refractivity contribution in [2.75, 3.05) is 5.73 Å². The van der Waals surface area contributed by atoms with E-state index in [0.29, 0.717) is 5.82 Å². The Kier molecular flexibility index (Phi) is 2.14. The summed E-state index contributed by atoms with van der Waals surface area (Å²) in [6.45, 7) is 1.98. The highest BCUT2D eigenvalue weighted by Gasteiger charge is 2.11. The van der Waals surface area contributed by atoms with Crippen molar-refractivity contribution in [3.8, 4) is 0 Å². The van der Waals surface area contributed by atoms with Crippen molar-refractivity contribution >= 4 is 5.82 Å². The molecule has 5 heteroatoms. The largest absolute Gasteiger partial charge is 0.384 e. The average molecular weight is 189 g/mol. The Morgan fingerprint density at radius 3 is 2.79 bits per heavy atom. The van der Waals surface area contributed by atoms with Crippen molar-refractivity contribution in [1.82, 2.24) is 19.7 Å². The van der Waals surface area contributed by atoms with E-state index in [1.54, 1.807) is 35.5 Å². The summed E-state index contributed by atoms with van der Waals surface area (Å²) in [6.07, 6.45) is 6.68. The quantitative estimate of drug-likeness (QED) is 0.760. The van der Waals surface area contributed by atoms with E-state index in [1.165, 1.54) is 0 Å².